The zero-order valence-corrected chi connectivity index (χ0v) is 10.3. The van der Waals surface area contributed by atoms with Crippen LogP contribution in [0.15, 0.2) is 0 Å². The van der Waals surface area contributed by atoms with Gasteiger partial charge in [-0.2, -0.15) is 0 Å². The van der Waals surface area contributed by atoms with Crippen LogP contribution in [0.25, 0.3) is 0 Å². The quantitative estimate of drug-likeness (QED) is 0.355. The van der Waals surface area contributed by atoms with Crippen molar-refractivity contribution in [1.29, 1.82) is 0 Å². The molecule has 9 nitrogen and oxygen atoms in total. The van der Waals surface area contributed by atoms with E-state index < -0.39 is 36.0 Å². The number of ether oxygens (including phenoxy) is 1. The van der Waals surface area contributed by atoms with Gasteiger partial charge in [-0.3, -0.25) is 20.3 Å². The van der Waals surface area contributed by atoms with E-state index in [9.17, 15) is 14.7 Å². The smallest absolute Gasteiger partial charge is 0.326 e. The molecule has 0 aliphatic carbocycles. The fourth-order valence-electron chi connectivity index (χ4n) is 2.14. The summed E-state index contributed by atoms with van der Waals surface area (Å²) < 4.78 is 5.32. The highest BCUT2D eigenvalue weighted by Gasteiger charge is 2.49. The number of nitrogens with zero attached hydrogens (tertiary/aromatic N) is 1. The molecule has 0 spiro atoms. The van der Waals surface area contributed by atoms with Crippen molar-refractivity contribution < 1.29 is 34.7 Å². The van der Waals surface area contributed by atoms with Gasteiger partial charge < -0.3 is 14.9 Å². The first-order valence-corrected chi connectivity index (χ1v) is 5.80. The lowest BCUT2D eigenvalue weighted by Crippen LogP contribution is -2.65. The molecule has 9 heteroatoms. The van der Waals surface area contributed by atoms with E-state index in [2.05, 4.69) is 4.89 Å². The van der Waals surface area contributed by atoms with Gasteiger partial charge in [-0.25, -0.2) is 9.68 Å². The van der Waals surface area contributed by atoms with Crippen LogP contribution in [0.4, 0.5) is 4.79 Å². The summed E-state index contributed by atoms with van der Waals surface area (Å²) in [6.07, 6.45) is -2.37. The molecule has 0 unspecified atom stereocenters. The van der Waals surface area contributed by atoms with E-state index in [0.29, 0.717) is 0 Å². The Morgan fingerprint density at radius 1 is 1.58 bits per heavy atom. The highest BCUT2D eigenvalue weighted by Crippen LogP contribution is 2.27. The van der Waals surface area contributed by atoms with Crippen molar-refractivity contribution in [2.75, 3.05) is 13.2 Å². The van der Waals surface area contributed by atoms with Crippen LogP contribution in [0, 0.1) is 0 Å². The monoisotopic (exact) mass is 276 g/mol. The zero-order valence-electron chi connectivity index (χ0n) is 10.3. The Hall–Kier alpha value is -1.26. The van der Waals surface area contributed by atoms with Gasteiger partial charge in [-0.05, 0) is 6.92 Å². The Labute approximate surface area is 108 Å². The minimum absolute atomic E-state index is 0.106. The first-order valence-electron chi connectivity index (χ1n) is 5.80. The number of hydrogen-bond donors (Lipinski definition) is 4. The number of imide groups is 1. The summed E-state index contributed by atoms with van der Waals surface area (Å²) in [5.41, 5.74) is -1.60. The lowest BCUT2D eigenvalue weighted by Gasteiger charge is -2.39. The lowest BCUT2D eigenvalue weighted by atomic mass is 10.0. The third-order valence-electron chi connectivity index (χ3n) is 3.37. The molecule has 4 N–H and O–H groups in total. The van der Waals surface area contributed by atoms with Crippen molar-refractivity contribution >= 4 is 11.9 Å². The maximum atomic E-state index is 11.7. The number of carbonyl (C=O) groups is 2. The molecular formula is C10H16N2O7. The molecule has 2 heterocycles. The molecule has 4 atom stereocenters. The molecule has 2 saturated heterocycles. The molecule has 3 amide bonds. The van der Waals surface area contributed by atoms with E-state index in [1.54, 1.807) is 0 Å². The van der Waals surface area contributed by atoms with Gasteiger partial charge in [-0.15, -0.1) is 0 Å². The second kappa shape index (κ2) is 5.02. The summed E-state index contributed by atoms with van der Waals surface area (Å²) >= 11 is 0. The molecule has 2 aliphatic heterocycles. The third-order valence-corrected chi connectivity index (χ3v) is 3.37. The number of rotatable bonds is 3. The Morgan fingerprint density at radius 2 is 2.26 bits per heavy atom. The minimum atomic E-state index is -1.60. The van der Waals surface area contributed by atoms with E-state index in [0.717, 1.165) is 4.90 Å². The van der Waals surface area contributed by atoms with E-state index in [1.807, 2.05) is 5.32 Å². The maximum Gasteiger partial charge on any atom is 0.326 e. The van der Waals surface area contributed by atoms with Gasteiger partial charge in [0, 0.05) is 6.42 Å². The number of aliphatic hydroxyl groups excluding tert-OH is 2. The van der Waals surface area contributed by atoms with Crippen LogP contribution in [-0.2, 0) is 14.4 Å². The summed E-state index contributed by atoms with van der Waals surface area (Å²) in [6, 6.07) is -0.699. The standard InChI is InChI=1S/C10H16N2O7/c1-10(19-17)4-12(9(16)11-8(10)15)7-2-5(14)6(3-13)18-7/h5-7,13-14,17H,2-4H2,1H3,(H,11,15,16)/t5-,6+,7+,10+/m0/s1. The number of amides is 3. The fraction of sp³-hybridized carbons (Fsp3) is 0.800. The molecule has 19 heavy (non-hydrogen) atoms. The molecule has 2 rings (SSSR count). The van der Waals surface area contributed by atoms with Crippen LogP contribution in [-0.4, -0.2) is 69.5 Å². The third kappa shape index (κ3) is 2.42. The van der Waals surface area contributed by atoms with Gasteiger partial charge in [0.2, 0.25) is 0 Å². The SMILES string of the molecule is C[C@@]1(OO)CN([C@H]2C[C@H](O)[C@@H](CO)O2)C(=O)NC1=O. The lowest BCUT2D eigenvalue weighted by molar-refractivity contribution is -0.312. The van der Waals surface area contributed by atoms with E-state index in [-0.39, 0.29) is 19.6 Å². The second-order valence-electron chi connectivity index (χ2n) is 4.82. The second-order valence-corrected chi connectivity index (χ2v) is 4.82. The van der Waals surface area contributed by atoms with E-state index in [1.165, 1.54) is 6.92 Å². The van der Waals surface area contributed by atoms with Crippen LogP contribution < -0.4 is 5.32 Å². The van der Waals surface area contributed by atoms with Gasteiger partial charge in [-0.1, -0.05) is 0 Å². The van der Waals surface area contributed by atoms with Crippen LogP contribution in [0.1, 0.15) is 13.3 Å². The van der Waals surface area contributed by atoms with Gasteiger partial charge in [0.15, 0.2) is 5.60 Å². The minimum Gasteiger partial charge on any atom is -0.394 e. The van der Waals surface area contributed by atoms with Gasteiger partial charge >= 0.3 is 6.03 Å². The predicted molar refractivity (Wildman–Crippen MR) is 58.7 cm³/mol. The average molecular weight is 276 g/mol. The molecule has 0 aromatic carbocycles. The van der Waals surface area contributed by atoms with Crippen LogP contribution in [0.3, 0.4) is 0 Å². The number of nitrogens with one attached hydrogen (secondary N) is 1. The van der Waals surface area contributed by atoms with Gasteiger partial charge in [0.05, 0.1) is 19.3 Å². The van der Waals surface area contributed by atoms with Crippen LogP contribution in [0.2, 0.25) is 0 Å². The molecule has 0 radical (unpaired) electrons. The molecule has 0 saturated carbocycles. The predicted octanol–water partition coefficient (Wildman–Crippen LogP) is -1.75. The van der Waals surface area contributed by atoms with Crippen molar-refractivity contribution in [3.63, 3.8) is 0 Å². The molecule has 108 valence electrons. The Kier molecular flexibility index (Phi) is 3.74. The summed E-state index contributed by atoms with van der Waals surface area (Å²) in [4.78, 5) is 28.5. The van der Waals surface area contributed by atoms with Crippen LogP contribution >= 0.6 is 0 Å². The molecular weight excluding hydrogens is 260 g/mol. The summed E-state index contributed by atoms with van der Waals surface area (Å²) in [6.45, 7) is 0.722. The largest absolute Gasteiger partial charge is 0.394 e. The number of carbonyl (C=O) groups excluding carboxylic acids is 2. The van der Waals surface area contributed by atoms with Crippen molar-refractivity contribution in [3.05, 3.63) is 0 Å². The number of hydrogen-bond acceptors (Lipinski definition) is 7. The first-order chi connectivity index (χ1) is 8.91. The zero-order chi connectivity index (χ0) is 14.2. The van der Waals surface area contributed by atoms with Crippen molar-refractivity contribution in [2.45, 2.75) is 37.4 Å². The molecule has 0 aromatic heterocycles. The number of urea groups is 1. The summed E-state index contributed by atoms with van der Waals surface area (Å²) in [5.74, 6) is -0.756. The molecule has 2 fully saturated rings. The van der Waals surface area contributed by atoms with E-state index in [4.69, 9.17) is 15.1 Å². The first kappa shape index (κ1) is 14.2. The normalized spacial score (nSPS) is 39.6. The van der Waals surface area contributed by atoms with Gasteiger partial charge in [0.1, 0.15) is 12.3 Å². The van der Waals surface area contributed by atoms with Gasteiger partial charge in [0.25, 0.3) is 5.91 Å². The Bertz CT molecular complexity index is 390. The maximum absolute atomic E-state index is 11.7. The summed E-state index contributed by atoms with van der Waals surface area (Å²) in [7, 11) is 0. The molecule has 2 aliphatic rings. The molecule has 0 bridgehead atoms. The number of aliphatic hydroxyl groups is 2. The Balaban J connectivity index is 2.12. The highest BCUT2D eigenvalue weighted by molar-refractivity contribution is 6.01. The van der Waals surface area contributed by atoms with Crippen molar-refractivity contribution in [2.24, 2.45) is 0 Å². The van der Waals surface area contributed by atoms with Crippen molar-refractivity contribution in [3.8, 4) is 0 Å². The molecule has 0 aromatic rings. The van der Waals surface area contributed by atoms with Crippen LogP contribution in [0.5, 0.6) is 0 Å². The topological polar surface area (TPSA) is 129 Å². The average Bonchev–Trinajstić information content (AvgIpc) is 2.75. The van der Waals surface area contributed by atoms with E-state index >= 15 is 0 Å². The summed E-state index contributed by atoms with van der Waals surface area (Å²) in [5, 5.41) is 29.4. The Morgan fingerprint density at radius 3 is 2.79 bits per heavy atom. The fourth-order valence-corrected chi connectivity index (χ4v) is 2.14. The van der Waals surface area contributed by atoms with Crippen molar-refractivity contribution in [1.82, 2.24) is 10.2 Å². The highest BCUT2D eigenvalue weighted by atomic mass is 17.1.